The molecule has 146 valence electrons. The molecule has 26 heavy (non-hydrogen) atoms. The number of aliphatic hydroxyl groups excluding tert-OH is 2. The highest BCUT2D eigenvalue weighted by atomic mass is 79.9. The Morgan fingerprint density at radius 3 is 2.73 bits per heavy atom. The van der Waals surface area contributed by atoms with Crippen LogP contribution in [0.5, 0.6) is 0 Å². The molecule has 0 aromatic carbocycles. The molecule has 2 N–H and O–H groups in total. The van der Waals surface area contributed by atoms with Crippen molar-refractivity contribution in [2.45, 2.75) is 64.9 Å². The van der Waals surface area contributed by atoms with E-state index < -0.39 is 0 Å². The van der Waals surface area contributed by atoms with Crippen molar-refractivity contribution >= 4 is 21.7 Å². The number of Topliss-reactive ketones (excluding diaryl/α,β-unsaturated/α-hetero) is 1. The van der Waals surface area contributed by atoms with Gasteiger partial charge < -0.3 is 10.2 Å². The Labute approximate surface area is 165 Å². The van der Waals surface area contributed by atoms with E-state index >= 15 is 0 Å². The predicted molar refractivity (Wildman–Crippen MR) is 106 cm³/mol. The fraction of sp³-hybridized carbons (Fsp3) is 0.864. The summed E-state index contributed by atoms with van der Waals surface area (Å²) in [6.45, 7) is 4.91. The zero-order valence-electron chi connectivity index (χ0n) is 16.1. The summed E-state index contributed by atoms with van der Waals surface area (Å²) in [5.41, 5.74) is 1.57. The number of hydrogen-bond donors (Lipinski definition) is 2. The molecule has 0 radical (unpaired) electrons. The number of carbonyl (C=O) groups is 1. The zero-order chi connectivity index (χ0) is 18.7. The van der Waals surface area contributed by atoms with Crippen LogP contribution >= 0.6 is 15.9 Å². The fourth-order valence-corrected chi connectivity index (χ4v) is 8.15. The van der Waals surface area contributed by atoms with Gasteiger partial charge in [0, 0.05) is 12.5 Å². The molecule has 2 unspecified atom stereocenters. The molecule has 3 fully saturated rings. The molecule has 0 bridgehead atoms. The third-order valence-electron chi connectivity index (χ3n) is 9.14. The summed E-state index contributed by atoms with van der Waals surface area (Å²) in [5.74, 6) is 2.60. The molecule has 0 heterocycles. The first kappa shape index (κ1) is 19.1. The Morgan fingerprint density at radius 1 is 1.27 bits per heavy atom. The van der Waals surface area contributed by atoms with Crippen molar-refractivity contribution in [2.75, 3.05) is 11.9 Å². The van der Waals surface area contributed by atoms with Gasteiger partial charge in [-0.2, -0.15) is 0 Å². The van der Waals surface area contributed by atoms with E-state index in [0.717, 1.165) is 38.5 Å². The summed E-state index contributed by atoms with van der Waals surface area (Å²) in [7, 11) is 0. The number of aliphatic hydroxyl groups is 2. The summed E-state index contributed by atoms with van der Waals surface area (Å²) in [4.78, 5) is 12.5. The Bertz CT molecular complexity index is 617. The third-order valence-corrected chi connectivity index (χ3v) is 9.69. The molecular formula is C22H33BrO3. The Morgan fingerprint density at radius 2 is 2.04 bits per heavy atom. The molecule has 0 aliphatic heterocycles. The minimum absolute atomic E-state index is 0.0236. The number of hydrogen-bond acceptors (Lipinski definition) is 3. The van der Waals surface area contributed by atoms with Crippen LogP contribution in [-0.2, 0) is 4.79 Å². The first-order valence-electron chi connectivity index (χ1n) is 10.4. The van der Waals surface area contributed by atoms with Crippen LogP contribution in [0, 0.1) is 40.4 Å². The van der Waals surface area contributed by atoms with E-state index in [-0.39, 0.29) is 35.4 Å². The van der Waals surface area contributed by atoms with E-state index in [1.807, 2.05) is 0 Å². The highest BCUT2D eigenvalue weighted by Gasteiger charge is 2.61. The number of carbonyl (C=O) groups excluding carboxylic acids is 1. The second kappa shape index (κ2) is 6.70. The van der Waals surface area contributed by atoms with Gasteiger partial charge in [0.25, 0.3) is 0 Å². The van der Waals surface area contributed by atoms with Gasteiger partial charge >= 0.3 is 0 Å². The van der Waals surface area contributed by atoms with Crippen LogP contribution in [0.1, 0.15) is 58.8 Å². The molecule has 4 rings (SSSR count). The van der Waals surface area contributed by atoms with Crippen LogP contribution in [0.25, 0.3) is 0 Å². The number of rotatable bonds is 3. The summed E-state index contributed by atoms with van der Waals surface area (Å²) in [6.07, 6.45) is 9.20. The highest BCUT2D eigenvalue weighted by molar-refractivity contribution is 9.09. The number of halogens is 1. The smallest absolute Gasteiger partial charge is 0.147 e. The number of alkyl halides is 1. The predicted octanol–water partition coefficient (Wildman–Crippen LogP) is 4.11. The summed E-state index contributed by atoms with van der Waals surface area (Å²) >= 11 is 3.40. The summed E-state index contributed by atoms with van der Waals surface area (Å²) in [6, 6.07) is 0. The molecule has 3 nitrogen and oxygen atoms in total. The average molecular weight is 425 g/mol. The lowest BCUT2D eigenvalue weighted by atomic mass is 9.45. The maximum atomic E-state index is 12.5. The molecule has 4 heteroatoms. The monoisotopic (exact) mass is 424 g/mol. The first-order valence-corrected chi connectivity index (χ1v) is 11.6. The minimum Gasteiger partial charge on any atom is -0.396 e. The van der Waals surface area contributed by atoms with E-state index in [2.05, 4.69) is 35.9 Å². The summed E-state index contributed by atoms with van der Waals surface area (Å²) < 4.78 is 0. The van der Waals surface area contributed by atoms with Gasteiger partial charge in [-0.25, -0.2) is 0 Å². The zero-order valence-corrected chi connectivity index (χ0v) is 17.7. The quantitative estimate of drug-likeness (QED) is 0.529. The molecule has 4 aliphatic carbocycles. The van der Waals surface area contributed by atoms with Crippen molar-refractivity contribution in [3.8, 4) is 0 Å². The van der Waals surface area contributed by atoms with E-state index in [9.17, 15) is 15.0 Å². The van der Waals surface area contributed by atoms with Crippen LogP contribution < -0.4 is 0 Å². The molecule has 0 aromatic heterocycles. The Balaban J connectivity index is 1.68. The molecule has 0 aromatic rings. The third kappa shape index (κ3) is 2.54. The number of ketones is 1. The van der Waals surface area contributed by atoms with Crippen LogP contribution in [0.15, 0.2) is 11.6 Å². The van der Waals surface area contributed by atoms with Gasteiger partial charge in [-0.15, -0.1) is 0 Å². The maximum absolute atomic E-state index is 12.5. The first-order chi connectivity index (χ1) is 12.4. The van der Waals surface area contributed by atoms with E-state index in [0.29, 0.717) is 28.9 Å². The average Bonchev–Trinajstić information content (AvgIpc) is 2.98. The second-order valence-electron chi connectivity index (χ2n) is 9.87. The summed E-state index contributed by atoms with van der Waals surface area (Å²) in [5, 5.41) is 20.9. The lowest BCUT2D eigenvalue weighted by molar-refractivity contribution is -0.128. The number of allylic oxidation sites excluding steroid dienone is 1. The van der Waals surface area contributed by atoms with Gasteiger partial charge in [-0.1, -0.05) is 41.4 Å². The molecular weight excluding hydrogens is 392 g/mol. The van der Waals surface area contributed by atoms with Crippen LogP contribution in [0.3, 0.4) is 0 Å². The van der Waals surface area contributed by atoms with Gasteiger partial charge in [0.15, 0.2) is 0 Å². The molecule has 8 atom stereocenters. The number of fused-ring (bicyclic) bond motifs is 5. The topological polar surface area (TPSA) is 57.5 Å². The lowest BCUT2D eigenvalue weighted by Crippen LogP contribution is -2.54. The molecule has 0 spiro atoms. The minimum atomic E-state index is -0.302. The van der Waals surface area contributed by atoms with Crippen LogP contribution in [0.2, 0.25) is 0 Å². The van der Waals surface area contributed by atoms with Gasteiger partial charge in [0.2, 0.25) is 0 Å². The standard InChI is InChI=1S/C22H33BrO3/c1-21-8-7-18-16(17(21)5-6-19(21)20(26)11-23)4-3-13-9-15(25)10-14(12-24)22(13,18)2/h3,14-19,24-25H,4-12H2,1-2H3/t14?,15?,16-,17-,18-,19+,21-,22+/m0/s1. The van der Waals surface area contributed by atoms with E-state index in [1.54, 1.807) is 0 Å². The van der Waals surface area contributed by atoms with Crippen LogP contribution in [-0.4, -0.2) is 34.0 Å². The molecule has 3 saturated carbocycles. The maximum Gasteiger partial charge on any atom is 0.147 e. The Hall–Kier alpha value is -0.190. The van der Waals surface area contributed by atoms with E-state index in [4.69, 9.17) is 0 Å². The van der Waals surface area contributed by atoms with Crippen molar-refractivity contribution in [2.24, 2.45) is 40.4 Å². The van der Waals surface area contributed by atoms with Gasteiger partial charge in [0.05, 0.1) is 11.4 Å². The lowest BCUT2D eigenvalue weighted by Gasteiger charge is -2.60. The SMILES string of the molecule is C[C@]12CC[C@H]3[C@@H](CC=C4CC(O)CC(CO)[C@@]43C)[C@@H]1CC[C@@H]2C(=O)CBr. The largest absolute Gasteiger partial charge is 0.396 e. The van der Waals surface area contributed by atoms with Crippen LogP contribution in [0.4, 0.5) is 0 Å². The Kier molecular flexibility index (Phi) is 4.93. The van der Waals surface area contributed by atoms with E-state index in [1.165, 1.54) is 12.0 Å². The second-order valence-corrected chi connectivity index (χ2v) is 10.4. The van der Waals surface area contributed by atoms with Crippen molar-refractivity contribution in [1.82, 2.24) is 0 Å². The van der Waals surface area contributed by atoms with Crippen molar-refractivity contribution < 1.29 is 15.0 Å². The van der Waals surface area contributed by atoms with Crippen molar-refractivity contribution in [3.05, 3.63) is 11.6 Å². The van der Waals surface area contributed by atoms with Crippen molar-refractivity contribution in [1.29, 1.82) is 0 Å². The van der Waals surface area contributed by atoms with Crippen molar-refractivity contribution in [3.63, 3.8) is 0 Å². The highest BCUT2D eigenvalue weighted by Crippen LogP contribution is 2.67. The molecule has 0 amide bonds. The normalized spacial score (nSPS) is 50.4. The molecule has 0 saturated heterocycles. The van der Waals surface area contributed by atoms with Gasteiger partial charge in [0.1, 0.15) is 5.78 Å². The fourth-order valence-electron chi connectivity index (χ4n) is 7.76. The van der Waals surface area contributed by atoms with Gasteiger partial charge in [-0.3, -0.25) is 4.79 Å². The van der Waals surface area contributed by atoms with Gasteiger partial charge in [-0.05, 0) is 79.4 Å². The molecule has 4 aliphatic rings.